The second-order valence-corrected chi connectivity index (χ2v) is 2.00. The zero-order valence-corrected chi connectivity index (χ0v) is 8.40. The van der Waals surface area contributed by atoms with Crippen LogP contribution in [0, 0.1) is 0 Å². The van der Waals surface area contributed by atoms with Crippen LogP contribution in [0.4, 0.5) is 0 Å². The van der Waals surface area contributed by atoms with E-state index in [-0.39, 0.29) is 23.0 Å². The third-order valence-electron chi connectivity index (χ3n) is 1.14. The fraction of sp³-hybridized carbons (Fsp3) is 0.250. The Morgan fingerprint density at radius 3 is 2.83 bits per heavy atom. The predicted molar refractivity (Wildman–Crippen MR) is 50.5 cm³/mol. The van der Waals surface area contributed by atoms with Gasteiger partial charge < -0.3 is 4.74 Å². The van der Waals surface area contributed by atoms with Crippen molar-refractivity contribution in [3.05, 3.63) is 24.4 Å². The summed E-state index contributed by atoms with van der Waals surface area (Å²) < 4.78 is 4.81. The van der Waals surface area contributed by atoms with Gasteiger partial charge in [-0.3, -0.25) is 4.79 Å². The van der Waals surface area contributed by atoms with Crippen molar-refractivity contribution in [3.8, 4) is 5.88 Å². The molecule has 12 heavy (non-hydrogen) atoms. The molecule has 1 heterocycles. The highest BCUT2D eigenvalue weighted by Gasteiger charge is 1.99. The molecule has 3 nitrogen and oxygen atoms in total. The van der Waals surface area contributed by atoms with Crippen molar-refractivity contribution in [1.29, 1.82) is 0 Å². The zero-order chi connectivity index (χ0) is 8.10. The average molecular weight is 232 g/mol. The molecule has 66 valence electrons. The summed E-state index contributed by atoms with van der Waals surface area (Å²) in [6.07, 6.45) is 1.95. The second-order valence-electron chi connectivity index (χ2n) is 2.00. The lowest BCUT2D eigenvalue weighted by molar-refractivity contribution is -0.134. The first-order chi connectivity index (χ1) is 5.33. The lowest BCUT2D eigenvalue weighted by Crippen LogP contribution is -2.06. The standard InChI is InChI=1S/C8H9NO2.BrH/c1-2-8(10)11-7-5-3-4-6-9-7;/h3-6H,2H2,1H3;1H. The van der Waals surface area contributed by atoms with E-state index in [0.29, 0.717) is 12.3 Å². The summed E-state index contributed by atoms with van der Waals surface area (Å²) >= 11 is 0. The van der Waals surface area contributed by atoms with Crippen LogP contribution in [0.25, 0.3) is 0 Å². The summed E-state index contributed by atoms with van der Waals surface area (Å²) in [4.78, 5) is 14.5. The number of carbonyl (C=O) groups is 1. The fourth-order valence-corrected chi connectivity index (χ4v) is 0.596. The van der Waals surface area contributed by atoms with Crippen LogP contribution in [0.5, 0.6) is 5.88 Å². The smallest absolute Gasteiger partial charge is 0.312 e. The minimum atomic E-state index is -0.260. The van der Waals surface area contributed by atoms with Crippen LogP contribution >= 0.6 is 17.0 Å². The van der Waals surface area contributed by atoms with Gasteiger partial charge >= 0.3 is 5.97 Å². The van der Waals surface area contributed by atoms with Crippen LogP contribution in [-0.2, 0) is 4.79 Å². The Kier molecular flexibility index (Phi) is 5.28. The Hall–Kier alpha value is -0.900. The van der Waals surface area contributed by atoms with Gasteiger partial charge in [0.15, 0.2) is 0 Å². The molecule has 4 heteroatoms. The summed E-state index contributed by atoms with van der Waals surface area (Å²) in [5, 5.41) is 0. The maximum atomic E-state index is 10.7. The summed E-state index contributed by atoms with van der Waals surface area (Å²) in [6.45, 7) is 1.74. The SMILES string of the molecule is Br.CCC(=O)Oc1ccccn1. The van der Waals surface area contributed by atoms with Gasteiger partial charge in [-0.15, -0.1) is 17.0 Å². The molecule has 0 saturated carbocycles. The third-order valence-corrected chi connectivity index (χ3v) is 1.14. The highest BCUT2D eigenvalue weighted by atomic mass is 79.9. The normalized spacial score (nSPS) is 8.42. The van der Waals surface area contributed by atoms with Crippen molar-refractivity contribution < 1.29 is 9.53 Å². The summed E-state index contributed by atoms with van der Waals surface area (Å²) in [7, 11) is 0. The van der Waals surface area contributed by atoms with Crippen LogP contribution < -0.4 is 4.74 Å². The minimum absolute atomic E-state index is 0. The van der Waals surface area contributed by atoms with Crippen molar-refractivity contribution in [2.75, 3.05) is 0 Å². The van der Waals surface area contributed by atoms with E-state index in [2.05, 4.69) is 4.98 Å². The second kappa shape index (κ2) is 5.71. The molecule has 1 aromatic rings. The first-order valence-corrected chi connectivity index (χ1v) is 3.44. The van der Waals surface area contributed by atoms with E-state index in [1.807, 2.05) is 0 Å². The van der Waals surface area contributed by atoms with E-state index in [4.69, 9.17) is 4.74 Å². The highest BCUT2D eigenvalue weighted by molar-refractivity contribution is 8.93. The van der Waals surface area contributed by atoms with Gasteiger partial charge in [-0.05, 0) is 6.07 Å². The summed E-state index contributed by atoms with van der Waals surface area (Å²) in [6, 6.07) is 5.18. The number of halogens is 1. The molecular weight excluding hydrogens is 222 g/mol. The molecule has 0 aliphatic rings. The number of aromatic nitrogens is 1. The monoisotopic (exact) mass is 231 g/mol. The van der Waals surface area contributed by atoms with Crippen LogP contribution in [0.2, 0.25) is 0 Å². The lowest BCUT2D eigenvalue weighted by atomic mass is 10.5. The van der Waals surface area contributed by atoms with E-state index in [1.54, 1.807) is 31.3 Å². The molecule has 0 spiro atoms. The topological polar surface area (TPSA) is 39.2 Å². The van der Waals surface area contributed by atoms with Crippen molar-refractivity contribution in [1.82, 2.24) is 4.98 Å². The first-order valence-electron chi connectivity index (χ1n) is 3.44. The molecular formula is C8H10BrNO2. The molecule has 0 bridgehead atoms. The molecule has 0 aromatic carbocycles. The van der Waals surface area contributed by atoms with E-state index >= 15 is 0 Å². The average Bonchev–Trinajstić information content (AvgIpc) is 2.06. The minimum Gasteiger partial charge on any atom is -0.407 e. The number of esters is 1. The number of hydrogen-bond acceptors (Lipinski definition) is 3. The molecule has 1 aromatic heterocycles. The zero-order valence-electron chi connectivity index (χ0n) is 6.69. The van der Waals surface area contributed by atoms with Crippen molar-refractivity contribution in [3.63, 3.8) is 0 Å². The number of rotatable bonds is 2. The molecule has 0 fully saturated rings. The predicted octanol–water partition coefficient (Wildman–Crippen LogP) is 1.97. The number of ether oxygens (including phenoxy) is 1. The van der Waals surface area contributed by atoms with E-state index in [1.165, 1.54) is 0 Å². The van der Waals surface area contributed by atoms with Gasteiger partial charge in [-0.2, -0.15) is 0 Å². The van der Waals surface area contributed by atoms with Crippen LogP contribution in [0.3, 0.4) is 0 Å². The molecule has 0 radical (unpaired) electrons. The molecule has 0 aliphatic heterocycles. The fourth-order valence-electron chi connectivity index (χ4n) is 0.596. The molecule has 0 unspecified atom stereocenters. The van der Waals surface area contributed by atoms with Gasteiger partial charge in [-0.25, -0.2) is 4.98 Å². The third kappa shape index (κ3) is 3.48. The lowest BCUT2D eigenvalue weighted by Gasteiger charge is -1.98. The Labute approximate surface area is 81.5 Å². The summed E-state index contributed by atoms with van der Waals surface area (Å²) in [5.74, 6) is 0.100. The molecule has 0 amide bonds. The molecule has 1 rings (SSSR count). The van der Waals surface area contributed by atoms with Gasteiger partial charge in [-0.1, -0.05) is 13.0 Å². The number of carbonyl (C=O) groups excluding carboxylic acids is 1. The largest absolute Gasteiger partial charge is 0.407 e. The first kappa shape index (κ1) is 11.1. The quantitative estimate of drug-likeness (QED) is 0.732. The van der Waals surface area contributed by atoms with E-state index in [9.17, 15) is 4.79 Å². The maximum Gasteiger partial charge on any atom is 0.312 e. The van der Waals surface area contributed by atoms with Crippen LogP contribution in [-0.4, -0.2) is 11.0 Å². The van der Waals surface area contributed by atoms with Crippen LogP contribution in [0.15, 0.2) is 24.4 Å². The maximum absolute atomic E-state index is 10.7. The molecule has 0 aliphatic carbocycles. The Morgan fingerprint density at radius 1 is 1.58 bits per heavy atom. The van der Waals surface area contributed by atoms with E-state index in [0.717, 1.165) is 0 Å². The van der Waals surface area contributed by atoms with Crippen molar-refractivity contribution >= 4 is 23.0 Å². The van der Waals surface area contributed by atoms with Gasteiger partial charge in [0.1, 0.15) is 0 Å². The Balaban J connectivity index is 0.00000121. The molecule has 0 saturated heterocycles. The van der Waals surface area contributed by atoms with Crippen LogP contribution in [0.1, 0.15) is 13.3 Å². The van der Waals surface area contributed by atoms with E-state index < -0.39 is 0 Å². The molecule has 0 N–H and O–H groups in total. The van der Waals surface area contributed by atoms with Gasteiger partial charge in [0, 0.05) is 18.7 Å². The van der Waals surface area contributed by atoms with Gasteiger partial charge in [0.2, 0.25) is 5.88 Å². The Morgan fingerprint density at radius 2 is 2.33 bits per heavy atom. The van der Waals surface area contributed by atoms with Gasteiger partial charge in [0.05, 0.1) is 0 Å². The number of pyridine rings is 1. The van der Waals surface area contributed by atoms with Gasteiger partial charge in [0.25, 0.3) is 0 Å². The summed E-state index contributed by atoms with van der Waals surface area (Å²) in [5.41, 5.74) is 0. The molecule has 0 atom stereocenters. The van der Waals surface area contributed by atoms with Crippen molar-refractivity contribution in [2.24, 2.45) is 0 Å². The Bertz CT molecular complexity index is 238. The number of nitrogens with zero attached hydrogens (tertiary/aromatic N) is 1. The van der Waals surface area contributed by atoms with Crippen molar-refractivity contribution in [2.45, 2.75) is 13.3 Å². The highest BCUT2D eigenvalue weighted by Crippen LogP contribution is 2.03. The number of hydrogen-bond donors (Lipinski definition) is 0.